The molecule has 1 radical (unpaired) electrons. The largest absolute Gasteiger partial charge is 0.187 e. The Morgan fingerprint density at radius 1 is 1.00 bits per heavy atom. The average Bonchev–Trinajstić information content (AvgIpc) is 0. The molecule has 0 aromatic rings. The summed E-state index contributed by atoms with van der Waals surface area (Å²) < 4.78 is 0. The quantitative estimate of drug-likeness (QED) is 0.526. The zero-order valence-electron chi connectivity index (χ0n) is 0.986. The predicted molar refractivity (Wildman–Crippen MR) is 16.7 cm³/mol. The topological polar surface area (TPSA) is 0 Å². The summed E-state index contributed by atoms with van der Waals surface area (Å²) in [5.41, 5.74) is 0. The van der Waals surface area contributed by atoms with Crippen molar-refractivity contribution >= 4 is 17.4 Å². The van der Waals surface area contributed by atoms with Crippen molar-refractivity contribution in [2.75, 3.05) is 0 Å². The molecular weight excluding hydrogens is 312 g/mol. The number of hydrogen-bond acceptors (Lipinski definition) is 0. The molecule has 4 heavy (non-hydrogen) atoms. The Morgan fingerprint density at radius 2 is 1.00 bits per heavy atom. The SMILES string of the molecule is C.[AlH3].[W].[Y]. The molecule has 0 aliphatic heterocycles. The van der Waals surface area contributed by atoms with E-state index in [1.54, 1.807) is 0 Å². The zero-order chi connectivity index (χ0) is 0. The maximum Gasteiger partial charge on any atom is 0.187 e. The third-order valence-electron chi connectivity index (χ3n) is 0. The van der Waals surface area contributed by atoms with Crippen molar-refractivity contribution in [2.24, 2.45) is 0 Å². The number of rotatable bonds is 0. The molecule has 0 heterocycles. The van der Waals surface area contributed by atoms with E-state index in [9.17, 15) is 0 Å². The maximum absolute atomic E-state index is 0. The van der Waals surface area contributed by atoms with Gasteiger partial charge in [0, 0.05) is 53.8 Å². The van der Waals surface area contributed by atoms with E-state index in [2.05, 4.69) is 0 Å². The van der Waals surface area contributed by atoms with Gasteiger partial charge in [0.15, 0.2) is 17.4 Å². The van der Waals surface area contributed by atoms with Gasteiger partial charge in [0.1, 0.15) is 0 Å². The van der Waals surface area contributed by atoms with Gasteiger partial charge in [-0.3, -0.25) is 0 Å². The van der Waals surface area contributed by atoms with Gasteiger partial charge in [0.25, 0.3) is 0 Å². The van der Waals surface area contributed by atoms with Crippen LogP contribution in [0.4, 0.5) is 0 Å². The first kappa shape index (κ1) is 33.2. The van der Waals surface area contributed by atoms with Gasteiger partial charge in [0.05, 0.1) is 0 Å². The summed E-state index contributed by atoms with van der Waals surface area (Å²) in [6, 6.07) is 0. The van der Waals surface area contributed by atoms with E-state index < -0.39 is 0 Å². The van der Waals surface area contributed by atoms with Crippen LogP contribution in [0.3, 0.4) is 0 Å². The molecule has 0 fully saturated rings. The van der Waals surface area contributed by atoms with Gasteiger partial charge in [-0.25, -0.2) is 0 Å². The second-order valence-corrected chi connectivity index (χ2v) is 0. The first-order valence-electron chi connectivity index (χ1n) is 0. The molecule has 0 atom stereocenters. The van der Waals surface area contributed by atoms with Crippen molar-refractivity contribution in [1.82, 2.24) is 0 Å². The first-order valence-corrected chi connectivity index (χ1v) is 0. The van der Waals surface area contributed by atoms with Crippen LogP contribution in [0.5, 0.6) is 0 Å². The van der Waals surface area contributed by atoms with Gasteiger partial charge < -0.3 is 0 Å². The normalized spacial score (nSPS) is 0. The van der Waals surface area contributed by atoms with Crippen LogP contribution < -0.4 is 0 Å². The van der Waals surface area contributed by atoms with Crippen LogP contribution in [0.2, 0.25) is 0 Å². The first-order chi connectivity index (χ1) is 0. The summed E-state index contributed by atoms with van der Waals surface area (Å²) in [6.45, 7) is 0. The van der Waals surface area contributed by atoms with Crippen LogP contribution in [-0.2, 0) is 53.8 Å². The molecule has 0 aromatic carbocycles. The van der Waals surface area contributed by atoms with Crippen LogP contribution in [-0.4, -0.2) is 17.4 Å². The molecule has 0 saturated carbocycles. The molecule has 0 saturated heterocycles. The van der Waals surface area contributed by atoms with E-state index in [0.717, 1.165) is 0 Å². The molecule has 3 heteroatoms. The van der Waals surface area contributed by atoms with E-state index in [1.807, 2.05) is 0 Å². The van der Waals surface area contributed by atoms with Crippen molar-refractivity contribution in [2.45, 2.75) is 7.43 Å². The van der Waals surface area contributed by atoms with Gasteiger partial charge in [-0.05, 0) is 0 Å². The Hall–Kier alpha value is 2.32. The fourth-order valence-corrected chi connectivity index (χ4v) is 0. The minimum Gasteiger partial charge on any atom is -0.0776 e. The molecule has 0 unspecified atom stereocenters. The molecule has 23 valence electrons. The molecular formula is CH7AlWY. The molecule has 0 rings (SSSR count). The Morgan fingerprint density at radius 3 is 1.00 bits per heavy atom. The summed E-state index contributed by atoms with van der Waals surface area (Å²) in [6.07, 6.45) is 0. The Bertz CT molecular complexity index is 8.00. The Kier molecular flexibility index (Phi) is 153. The summed E-state index contributed by atoms with van der Waals surface area (Å²) >= 11 is 0. The fraction of sp³-hybridized carbons (Fsp3) is 1.00. The van der Waals surface area contributed by atoms with Gasteiger partial charge >= 0.3 is 0 Å². The van der Waals surface area contributed by atoms with E-state index in [1.165, 1.54) is 0 Å². The van der Waals surface area contributed by atoms with Crippen LogP contribution >= 0.6 is 0 Å². The van der Waals surface area contributed by atoms with Gasteiger partial charge in [-0.15, -0.1) is 0 Å². The van der Waals surface area contributed by atoms with Crippen LogP contribution in [0.1, 0.15) is 7.43 Å². The molecule has 0 aromatic heterocycles. The second kappa shape index (κ2) is 18.4. The molecule has 0 nitrogen and oxygen atoms in total. The third kappa shape index (κ3) is 8.85. The molecule has 0 spiro atoms. The smallest absolute Gasteiger partial charge is 0.0776 e. The van der Waals surface area contributed by atoms with Crippen molar-refractivity contribution < 1.29 is 53.8 Å². The van der Waals surface area contributed by atoms with Crippen LogP contribution in [0, 0.1) is 0 Å². The van der Waals surface area contributed by atoms with Gasteiger partial charge in [-0.1, -0.05) is 7.43 Å². The summed E-state index contributed by atoms with van der Waals surface area (Å²) in [5, 5.41) is 0. The second-order valence-electron chi connectivity index (χ2n) is 0. The van der Waals surface area contributed by atoms with E-state index >= 15 is 0 Å². The monoisotopic (exact) mass is 319 g/mol. The fourth-order valence-electron chi connectivity index (χ4n) is 0. The average molecular weight is 319 g/mol. The standard InChI is InChI=1S/CH4.Al.W.Y.3H/h1H4;;;;;;. The van der Waals surface area contributed by atoms with E-state index in [4.69, 9.17) is 0 Å². The Balaban J connectivity index is 0. The summed E-state index contributed by atoms with van der Waals surface area (Å²) in [7, 11) is 0. The molecule has 0 amide bonds. The minimum absolute atomic E-state index is 0. The van der Waals surface area contributed by atoms with Crippen LogP contribution in [0.25, 0.3) is 0 Å². The van der Waals surface area contributed by atoms with Crippen molar-refractivity contribution in [3.8, 4) is 0 Å². The molecule has 0 aliphatic rings. The maximum atomic E-state index is 0. The summed E-state index contributed by atoms with van der Waals surface area (Å²) in [5.74, 6) is 0. The molecule has 0 aliphatic carbocycles. The summed E-state index contributed by atoms with van der Waals surface area (Å²) in [4.78, 5) is 0. The third-order valence-corrected chi connectivity index (χ3v) is 0. The van der Waals surface area contributed by atoms with Crippen molar-refractivity contribution in [3.63, 3.8) is 0 Å². The van der Waals surface area contributed by atoms with Gasteiger partial charge in [-0.2, -0.15) is 0 Å². The Labute approximate surface area is 77.4 Å². The van der Waals surface area contributed by atoms with Crippen molar-refractivity contribution in [3.05, 3.63) is 0 Å². The van der Waals surface area contributed by atoms with Crippen LogP contribution in [0.15, 0.2) is 0 Å². The predicted octanol–water partition coefficient (Wildman–Crippen LogP) is -0.553. The van der Waals surface area contributed by atoms with Gasteiger partial charge in [0.2, 0.25) is 0 Å². The van der Waals surface area contributed by atoms with E-state index in [0.29, 0.717) is 0 Å². The van der Waals surface area contributed by atoms with Crippen molar-refractivity contribution in [1.29, 1.82) is 0 Å². The molecule has 0 N–H and O–H groups in total. The molecule has 0 bridgehead atoms. The van der Waals surface area contributed by atoms with E-state index in [-0.39, 0.29) is 78.6 Å². The number of hydrogen-bond donors (Lipinski definition) is 0. The zero-order valence-corrected chi connectivity index (χ0v) is 6.76. The minimum atomic E-state index is 0.